The summed E-state index contributed by atoms with van der Waals surface area (Å²) in [5.41, 5.74) is 3.04. The highest BCUT2D eigenvalue weighted by Gasteiger charge is 2.22. The molecule has 0 aliphatic carbocycles. The van der Waals surface area contributed by atoms with Crippen LogP contribution in [-0.4, -0.2) is 21.1 Å². The molecule has 0 bridgehead atoms. The number of fused-ring (bicyclic) bond motifs is 1. The summed E-state index contributed by atoms with van der Waals surface area (Å²) in [6, 6.07) is 13.3. The van der Waals surface area contributed by atoms with E-state index in [2.05, 4.69) is 6.07 Å². The number of ketones is 1. The van der Waals surface area contributed by atoms with Gasteiger partial charge in [-0.1, -0.05) is 50.7 Å². The SMILES string of the molecule is Cc1cc(C)cc(-n2c(SCC(=O)C(C)(C)C)nc3ccccc3c2=O)c1. The largest absolute Gasteiger partial charge is 0.298 e. The number of hydrogen-bond acceptors (Lipinski definition) is 4. The number of hydrogen-bond donors (Lipinski definition) is 0. The predicted molar refractivity (Wildman–Crippen MR) is 112 cm³/mol. The van der Waals surface area contributed by atoms with Crippen LogP contribution in [0, 0.1) is 19.3 Å². The molecule has 140 valence electrons. The molecule has 3 aromatic rings. The van der Waals surface area contributed by atoms with Crippen LogP contribution in [0.2, 0.25) is 0 Å². The molecule has 0 atom stereocenters. The minimum absolute atomic E-state index is 0.115. The van der Waals surface area contributed by atoms with E-state index < -0.39 is 5.41 Å². The van der Waals surface area contributed by atoms with Crippen molar-refractivity contribution in [3.05, 3.63) is 63.9 Å². The topological polar surface area (TPSA) is 52.0 Å². The Morgan fingerprint density at radius 2 is 1.70 bits per heavy atom. The van der Waals surface area contributed by atoms with Crippen molar-refractivity contribution >= 4 is 28.4 Å². The van der Waals surface area contributed by atoms with Gasteiger partial charge in [-0.3, -0.25) is 14.2 Å². The first kappa shape index (κ1) is 19.4. The van der Waals surface area contributed by atoms with Crippen LogP contribution in [-0.2, 0) is 4.79 Å². The minimum Gasteiger partial charge on any atom is -0.298 e. The molecule has 0 N–H and O–H groups in total. The Labute approximate surface area is 163 Å². The number of nitrogens with zero attached hydrogens (tertiary/aromatic N) is 2. The van der Waals surface area contributed by atoms with Gasteiger partial charge in [0.25, 0.3) is 5.56 Å². The highest BCUT2D eigenvalue weighted by Crippen LogP contribution is 2.25. The van der Waals surface area contributed by atoms with Crippen LogP contribution >= 0.6 is 11.8 Å². The molecule has 27 heavy (non-hydrogen) atoms. The van der Waals surface area contributed by atoms with Gasteiger partial charge in [-0.2, -0.15) is 0 Å². The summed E-state index contributed by atoms with van der Waals surface area (Å²) in [5.74, 6) is 0.404. The second kappa shape index (κ2) is 7.31. The molecule has 1 heterocycles. The highest BCUT2D eigenvalue weighted by molar-refractivity contribution is 7.99. The molecule has 3 rings (SSSR count). The van der Waals surface area contributed by atoms with Crippen molar-refractivity contribution in [1.29, 1.82) is 0 Å². The van der Waals surface area contributed by atoms with Crippen molar-refractivity contribution in [3.8, 4) is 5.69 Å². The molecule has 0 aliphatic heterocycles. The number of benzene rings is 2. The molecule has 0 saturated heterocycles. The van der Waals surface area contributed by atoms with Crippen LogP contribution in [0.15, 0.2) is 52.4 Å². The van der Waals surface area contributed by atoms with Crippen molar-refractivity contribution in [1.82, 2.24) is 9.55 Å². The van der Waals surface area contributed by atoms with E-state index in [1.807, 2.05) is 65.0 Å². The van der Waals surface area contributed by atoms with Crippen molar-refractivity contribution in [2.24, 2.45) is 5.41 Å². The van der Waals surface area contributed by atoms with Crippen LogP contribution in [0.25, 0.3) is 16.6 Å². The van der Waals surface area contributed by atoms with Gasteiger partial charge in [0.1, 0.15) is 5.78 Å². The maximum atomic E-state index is 13.2. The number of aromatic nitrogens is 2. The van der Waals surface area contributed by atoms with Gasteiger partial charge >= 0.3 is 0 Å². The monoisotopic (exact) mass is 380 g/mol. The zero-order chi connectivity index (χ0) is 19.8. The first-order valence-corrected chi connectivity index (χ1v) is 9.92. The van der Waals surface area contributed by atoms with Gasteiger partial charge in [0.15, 0.2) is 5.16 Å². The van der Waals surface area contributed by atoms with Gasteiger partial charge in [-0.25, -0.2) is 4.98 Å². The summed E-state index contributed by atoms with van der Waals surface area (Å²) in [4.78, 5) is 30.3. The van der Waals surface area contributed by atoms with Crippen LogP contribution in [0.4, 0.5) is 0 Å². The van der Waals surface area contributed by atoms with Gasteiger partial charge in [-0.15, -0.1) is 0 Å². The second-order valence-corrected chi connectivity index (χ2v) is 8.80. The fraction of sp³-hybridized carbons (Fsp3) is 0.318. The molecule has 2 aromatic carbocycles. The molecular weight excluding hydrogens is 356 g/mol. The molecular formula is C22H24N2O2S. The van der Waals surface area contributed by atoms with E-state index in [1.165, 1.54) is 11.8 Å². The summed E-state index contributed by atoms with van der Waals surface area (Å²) in [6.45, 7) is 9.72. The van der Waals surface area contributed by atoms with Gasteiger partial charge in [0, 0.05) is 5.41 Å². The Hall–Kier alpha value is -2.40. The molecule has 0 fully saturated rings. The van der Waals surface area contributed by atoms with E-state index >= 15 is 0 Å². The average molecular weight is 381 g/mol. The maximum Gasteiger partial charge on any atom is 0.266 e. The predicted octanol–water partition coefficient (Wildman–Crippen LogP) is 4.71. The van der Waals surface area contributed by atoms with Crippen molar-refractivity contribution in [2.45, 2.75) is 39.8 Å². The van der Waals surface area contributed by atoms with E-state index in [0.29, 0.717) is 16.1 Å². The minimum atomic E-state index is -0.422. The van der Waals surface area contributed by atoms with E-state index in [4.69, 9.17) is 4.98 Å². The quantitative estimate of drug-likeness (QED) is 0.486. The standard InChI is InChI=1S/C22H24N2O2S/c1-14-10-15(2)12-16(11-14)24-20(26)17-8-6-7-9-18(17)23-21(24)27-13-19(25)22(3,4)5/h6-12H,13H2,1-5H3. The van der Waals surface area contributed by atoms with E-state index in [0.717, 1.165) is 16.8 Å². The molecule has 0 aliphatic rings. The van der Waals surface area contributed by atoms with Crippen LogP contribution in [0.1, 0.15) is 31.9 Å². The summed E-state index contributed by atoms with van der Waals surface area (Å²) in [7, 11) is 0. The molecule has 1 aromatic heterocycles. The van der Waals surface area contributed by atoms with Gasteiger partial charge < -0.3 is 0 Å². The zero-order valence-corrected chi connectivity index (χ0v) is 17.2. The Balaban J connectivity index is 2.18. The Morgan fingerprint density at radius 3 is 2.33 bits per heavy atom. The third kappa shape index (κ3) is 4.14. The molecule has 4 nitrogen and oxygen atoms in total. The number of carbonyl (C=O) groups is 1. The lowest BCUT2D eigenvalue weighted by atomic mass is 9.92. The van der Waals surface area contributed by atoms with Crippen molar-refractivity contribution in [2.75, 3.05) is 5.75 Å². The zero-order valence-electron chi connectivity index (χ0n) is 16.4. The number of aryl methyl sites for hydroxylation is 2. The Morgan fingerprint density at radius 1 is 1.07 bits per heavy atom. The Bertz CT molecular complexity index is 1060. The number of carbonyl (C=O) groups excluding carboxylic acids is 1. The maximum absolute atomic E-state index is 13.2. The first-order chi connectivity index (χ1) is 12.7. The molecule has 0 radical (unpaired) electrons. The first-order valence-electron chi connectivity index (χ1n) is 8.93. The summed E-state index contributed by atoms with van der Waals surface area (Å²) in [6.07, 6.45) is 0. The fourth-order valence-electron chi connectivity index (χ4n) is 2.86. The van der Waals surface area contributed by atoms with E-state index in [-0.39, 0.29) is 17.1 Å². The third-order valence-electron chi connectivity index (χ3n) is 4.38. The summed E-state index contributed by atoms with van der Waals surface area (Å²) < 4.78 is 1.63. The van der Waals surface area contributed by atoms with E-state index in [1.54, 1.807) is 10.6 Å². The average Bonchev–Trinajstić information content (AvgIpc) is 2.58. The number of thioether (sulfide) groups is 1. The third-order valence-corrected chi connectivity index (χ3v) is 5.32. The summed E-state index contributed by atoms with van der Waals surface area (Å²) >= 11 is 1.32. The molecule has 0 unspecified atom stereocenters. The summed E-state index contributed by atoms with van der Waals surface area (Å²) in [5, 5.41) is 1.12. The van der Waals surface area contributed by atoms with E-state index in [9.17, 15) is 9.59 Å². The second-order valence-electron chi connectivity index (χ2n) is 7.86. The lowest BCUT2D eigenvalue weighted by Gasteiger charge is -2.18. The smallest absolute Gasteiger partial charge is 0.266 e. The van der Waals surface area contributed by atoms with Crippen molar-refractivity contribution in [3.63, 3.8) is 0 Å². The molecule has 0 saturated carbocycles. The normalized spacial score (nSPS) is 11.7. The van der Waals surface area contributed by atoms with Gasteiger partial charge in [0.05, 0.1) is 22.3 Å². The molecule has 0 spiro atoms. The fourth-order valence-corrected chi connectivity index (χ4v) is 4.04. The number of Topliss-reactive ketones (excluding diaryl/α,β-unsaturated/α-hetero) is 1. The number of rotatable bonds is 4. The van der Waals surface area contributed by atoms with Gasteiger partial charge in [-0.05, 0) is 49.2 Å². The van der Waals surface area contributed by atoms with Gasteiger partial charge in [0.2, 0.25) is 0 Å². The van der Waals surface area contributed by atoms with Crippen LogP contribution in [0.5, 0.6) is 0 Å². The highest BCUT2D eigenvalue weighted by atomic mass is 32.2. The number of para-hydroxylation sites is 1. The molecule has 0 amide bonds. The van der Waals surface area contributed by atoms with Crippen LogP contribution < -0.4 is 5.56 Å². The lowest BCUT2D eigenvalue weighted by Crippen LogP contribution is -2.25. The van der Waals surface area contributed by atoms with Crippen molar-refractivity contribution < 1.29 is 4.79 Å². The lowest BCUT2D eigenvalue weighted by molar-refractivity contribution is -0.123. The Kier molecular flexibility index (Phi) is 5.24. The van der Waals surface area contributed by atoms with Crippen LogP contribution in [0.3, 0.4) is 0 Å². The molecule has 5 heteroatoms.